The van der Waals surface area contributed by atoms with Gasteiger partial charge < -0.3 is 10.3 Å². The summed E-state index contributed by atoms with van der Waals surface area (Å²) in [5.74, 6) is -2.47. The molecule has 2 N–H and O–H groups in total. The molecule has 0 saturated heterocycles. The second-order valence-corrected chi connectivity index (χ2v) is 3.75. The maximum atomic E-state index is 13.9. The van der Waals surface area contributed by atoms with E-state index in [1.54, 1.807) is 18.2 Å². The molecule has 0 atom stereocenters. The van der Waals surface area contributed by atoms with Crippen molar-refractivity contribution in [1.82, 2.24) is 9.55 Å². The second-order valence-electron chi connectivity index (χ2n) is 3.75. The fourth-order valence-electron chi connectivity index (χ4n) is 1.66. The van der Waals surface area contributed by atoms with E-state index in [0.717, 1.165) is 0 Å². The lowest BCUT2D eigenvalue weighted by atomic mass is 10.1. The molecule has 0 bridgehead atoms. The van der Waals surface area contributed by atoms with Crippen LogP contribution in [0.15, 0.2) is 42.7 Å². The van der Waals surface area contributed by atoms with Crippen molar-refractivity contribution in [2.24, 2.45) is 5.73 Å². The Hall–Kier alpha value is -1.75. The molecule has 0 aliphatic heterocycles. The smallest absolute Gasteiger partial charge is 0.290 e. The minimum atomic E-state index is -2.92. The van der Waals surface area contributed by atoms with Crippen molar-refractivity contribution in [3.8, 4) is 0 Å². The Morgan fingerprint density at radius 1 is 1.24 bits per heavy atom. The lowest BCUT2D eigenvalue weighted by Crippen LogP contribution is -2.23. The summed E-state index contributed by atoms with van der Waals surface area (Å²) >= 11 is 0. The van der Waals surface area contributed by atoms with Crippen LogP contribution < -0.4 is 5.73 Å². The zero-order valence-corrected chi connectivity index (χ0v) is 9.18. The minimum Gasteiger partial charge on any atom is -0.327 e. The molecule has 1 aromatic carbocycles. The fraction of sp³-hybridized carbons (Fsp3) is 0.250. The Labute approximate surface area is 97.9 Å². The molecule has 17 heavy (non-hydrogen) atoms. The van der Waals surface area contributed by atoms with E-state index in [4.69, 9.17) is 5.73 Å². The third-order valence-corrected chi connectivity index (χ3v) is 2.55. The third kappa shape index (κ3) is 2.50. The zero-order valence-electron chi connectivity index (χ0n) is 9.18. The topological polar surface area (TPSA) is 43.8 Å². The number of nitrogens with zero attached hydrogens (tertiary/aromatic N) is 2. The van der Waals surface area contributed by atoms with Gasteiger partial charge in [0.05, 0.1) is 13.1 Å². The van der Waals surface area contributed by atoms with Gasteiger partial charge in [0.2, 0.25) is 0 Å². The summed E-state index contributed by atoms with van der Waals surface area (Å²) in [5, 5.41) is 0. The quantitative estimate of drug-likeness (QED) is 0.885. The van der Waals surface area contributed by atoms with Crippen molar-refractivity contribution in [3.05, 3.63) is 54.1 Å². The number of rotatable bonds is 4. The Kier molecular flexibility index (Phi) is 3.19. The highest BCUT2D eigenvalue weighted by Crippen LogP contribution is 2.29. The monoisotopic (exact) mass is 237 g/mol. The molecule has 0 fully saturated rings. The molecule has 0 aliphatic rings. The van der Waals surface area contributed by atoms with Crippen molar-refractivity contribution >= 4 is 0 Å². The summed E-state index contributed by atoms with van der Waals surface area (Å²) in [6.07, 6.45) is 2.99. The first kappa shape index (κ1) is 11.7. The van der Waals surface area contributed by atoms with E-state index in [2.05, 4.69) is 4.98 Å². The van der Waals surface area contributed by atoms with Crippen LogP contribution >= 0.6 is 0 Å². The Morgan fingerprint density at radius 3 is 2.59 bits per heavy atom. The average Bonchev–Trinajstić information content (AvgIpc) is 2.77. The van der Waals surface area contributed by atoms with E-state index in [0.29, 0.717) is 5.82 Å². The Balaban J connectivity index is 2.23. The summed E-state index contributed by atoms with van der Waals surface area (Å²) < 4.78 is 29.3. The largest absolute Gasteiger partial charge is 0.327 e. The van der Waals surface area contributed by atoms with Crippen molar-refractivity contribution < 1.29 is 8.78 Å². The molecule has 0 aliphatic carbocycles. The van der Waals surface area contributed by atoms with Gasteiger partial charge in [-0.1, -0.05) is 30.3 Å². The molecule has 2 rings (SSSR count). The van der Waals surface area contributed by atoms with E-state index in [1.807, 2.05) is 0 Å². The Bertz CT molecular complexity index is 480. The first-order valence-electron chi connectivity index (χ1n) is 5.27. The average molecular weight is 237 g/mol. The second kappa shape index (κ2) is 4.63. The molecule has 0 amide bonds. The van der Waals surface area contributed by atoms with Crippen LogP contribution in [0.1, 0.15) is 11.4 Å². The Morgan fingerprint density at radius 2 is 1.94 bits per heavy atom. The summed E-state index contributed by atoms with van der Waals surface area (Å²) in [5.41, 5.74) is 5.42. The van der Waals surface area contributed by atoms with E-state index in [-0.39, 0.29) is 12.1 Å². The predicted octanol–water partition coefficient (Wildman–Crippen LogP) is 2.13. The highest BCUT2D eigenvalue weighted by molar-refractivity contribution is 5.20. The highest BCUT2D eigenvalue weighted by atomic mass is 19.3. The number of aromatic nitrogens is 2. The van der Waals surface area contributed by atoms with Gasteiger partial charge in [0, 0.05) is 18.0 Å². The lowest BCUT2D eigenvalue weighted by molar-refractivity contribution is -0.0229. The molecule has 5 heteroatoms. The molecule has 3 nitrogen and oxygen atoms in total. The number of imidazole rings is 1. The molecule has 0 radical (unpaired) electrons. The zero-order chi connectivity index (χ0) is 12.3. The third-order valence-electron chi connectivity index (χ3n) is 2.55. The number of hydrogen-bond acceptors (Lipinski definition) is 2. The van der Waals surface area contributed by atoms with E-state index >= 15 is 0 Å². The van der Waals surface area contributed by atoms with E-state index < -0.39 is 12.5 Å². The van der Waals surface area contributed by atoms with Crippen LogP contribution in [0.3, 0.4) is 0 Å². The SMILES string of the molecule is NCc1nccn1CC(F)(F)c1ccccc1. The van der Waals surface area contributed by atoms with Crippen LogP contribution in [0.2, 0.25) is 0 Å². The van der Waals surface area contributed by atoms with Gasteiger partial charge in [0.25, 0.3) is 5.92 Å². The molecule has 0 unspecified atom stereocenters. The lowest BCUT2D eigenvalue weighted by Gasteiger charge is -2.18. The van der Waals surface area contributed by atoms with Gasteiger partial charge in [-0.05, 0) is 0 Å². The number of benzene rings is 1. The standard InChI is InChI=1S/C12H13F2N3/c13-12(14,10-4-2-1-3-5-10)9-17-7-6-16-11(17)8-15/h1-7H,8-9,15H2. The molecule has 1 aromatic heterocycles. The van der Waals surface area contributed by atoms with Crippen LogP contribution in [-0.4, -0.2) is 9.55 Å². The molecule has 0 spiro atoms. The summed E-state index contributed by atoms with van der Waals surface area (Å²) in [4.78, 5) is 3.92. The maximum Gasteiger partial charge on any atom is 0.290 e. The van der Waals surface area contributed by atoms with Crippen LogP contribution in [0, 0.1) is 0 Å². The van der Waals surface area contributed by atoms with E-state index in [1.165, 1.54) is 29.1 Å². The number of alkyl halides is 2. The molecular weight excluding hydrogens is 224 g/mol. The number of halogens is 2. The number of hydrogen-bond donors (Lipinski definition) is 1. The summed E-state index contributed by atoms with van der Waals surface area (Å²) in [7, 11) is 0. The van der Waals surface area contributed by atoms with Gasteiger partial charge in [-0.15, -0.1) is 0 Å². The van der Waals surface area contributed by atoms with Crippen LogP contribution in [-0.2, 0) is 19.0 Å². The molecule has 90 valence electrons. The molecule has 1 heterocycles. The van der Waals surface area contributed by atoms with Gasteiger partial charge in [0.15, 0.2) is 0 Å². The summed E-state index contributed by atoms with van der Waals surface area (Å²) in [6.45, 7) is -0.290. The first-order chi connectivity index (χ1) is 8.13. The number of nitrogens with two attached hydrogens (primary N) is 1. The molecule has 0 saturated carbocycles. The van der Waals surface area contributed by atoms with Crippen LogP contribution in [0.5, 0.6) is 0 Å². The molecular formula is C12H13F2N3. The van der Waals surface area contributed by atoms with Crippen molar-refractivity contribution in [2.45, 2.75) is 19.0 Å². The van der Waals surface area contributed by atoms with Gasteiger partial charge in [-0.25, -0.2) is 4.98 Å². The minimum absolute atomic E-state index is 0.00308. The fourth-order valence-corrected chi connectivity index (χ4v) is 1.66. The van der Waals surface area contributed by atoms with Gasteiger partial charge >= 0.3 is 0 Å². The normalized spacial score (nSPS) is 11.7. The van der Waals surface area contributed by atoms with E-state index in [9.17, 15) is 8.78 Å². The summed E-state index contributed by atoms with van der Waals surface area (Å²) in [6, 6.07) is 7.74. The van der Waals surface area contributed by atoms with Gasteiger partial charge in [-0.3, -0.25) is 0 Å². The van der Waals surface area contributed by atoms with Gasteiger partial charge in [0.1, 0.15) is 5.82 Å². The van der Waals surface area contributed by atoms with Crippen molar-refractivity contribution in [2.75, 3.05) is 0 Å². The van der Waals surface area contributed by atoms with Crippen molar-refractivity contribution in [1.29, 1.82) is 0 Å². The maximum absolute atomic E-state index is 13.9. The first-order valence-corrected chi connectivity index (χ1v) is 5.27. The predicted molar refractivity (Wildman–Crippen MR) is 60.5 cm³/mol. The van der Waals surface area contributed by atoms with Gasteiger partial charge in [-0.2, -0.15) is 8.78 Å². The molecule has 2 aromatic rings. The van der Waals surface area contributed by atoms with Crippen molar-refractivity contribution in [3.63, 3.8) is 0 Å². The highest BCUT2D eigenvalue weighted by Gasteiger charge is 2.32. The van der Waals surface area contributed by atoms with Crippen LogP contribution in [0.4, 0.5) is 8.78 Å². The van der Waals surface area contributed by atoms with Crippen LogP contribution in [0.25, 0.3) is 0 Å².